The van der Waals surface area contributed by atoms with Crippen LogP contribution in [0.1, 0.15) is 12.5 Å². The first-order chi connectivity index (χ1) is 12.5. The van der Waals surface area contributed by atoms with Gasteiger partial charge in [0, 0.05) is 17.6 Å². The number of halogens is 4. The molecule has 0 saturated heterocycles. The number of carbonyl (C=O) groups excluding carboxylic acids is 3. The van der Waals surface area contributed by atoms with E-state index >= 15 is 0 Å². The van der Waals surface area contributed by atoms with Crippen molar-refractivity contribution < 1.29 is 27.6 Å². The van der Waals surface area contributed by atoms with Gasteiger partial charge in [0.2, 0.25) is 5.91 Å². The Balaban J connectivity index is 2.33. The van der Waals surface area contributed by atoms with Crippen LogP contribution in [0, 0.1) is 0 Å². The van der Waals surface area contributed by atoms with Gasteiger partial charge in [0.05, 0.1) is 16.9 Å². The zero-order valence-corrected chi connectivity index (χ0v) is 14.6. The topological polar surface area (TPSA) is 92.5 Å². The fourth-order valence-corrected chi connectivity index (χ4v) is 2.37. The first-order valence-corrected chi connectivity index (χ1v) is 7.77. The number of imide groups is 1. The number of amides is 3. The molecular formula is C17H13ClF3N3O3. The van der Waals surface area contributed by atoms with E-state index in [1.807, 2.05) is 5.32 Å². The molecule has 0 aliphatic carbocycles. The third kappa shape index (κ3) is 4.76. The van der Waals surface area contributed by atoms with E-state index < -0.39 is 35.1 Å². The van der Waals surface area contributed by atoms with Gasteiger partial charge in [-0.05, 0) is 42.5 Å². The average molecular weight is 400 g/mol. The molecule has 0 heterocycles. The van der Waals surface area contributed by atoms with Crippen LogP contribution in [0.3, 0.4) is 0 Å². The molecule has 2 rings (SSSR count). The highest BCUT2D eigenvalue weighted by Gasteiger charge is 2.35. The molecule has 10 heteroatoms. The van der Waals surface area contributed by atoms with Crippen LogP contribution < -0.4 is 16.0 Å². The highest BCUT2D eigenvalue weighted by atomic mass is 35.5. The molecule has 3 amide bonds. The Morgan fingerprint density at radius 1 is 1.07 bits per heavy atom. The van der Waals surface area contributed by atoms with Gasteiger partial charge in [0.25, 0.3) is 0 Å². The molecule has 2 aromatic rings. The maximum Gasteiger partial charge on any atom is 0.418 e. The van der Waals surface area contributed by atoms with E-state index in [1.165, 1.54) is 24.3 Å². The summed E-state index contributed by atoms with van der Waals surface area (Å²) in [4.78, 5) is 36.9. The first kappa shape index (κ1) is 20.2. The van der Waals surface area contributed by atoms with Crippen LogP contribution in [0.15, 0.2) is 42.5 Å². The molecule has 0 aliphatic heterocycles. The number of rotatable bonds is 2. The van der Waals surface area contributed by atoms with Crippen LogP contribution in [0.4, 0.5) is 30.2 Å². The highest BCUT2D eigenvalue weighted by molar-refractivity contribution is 6.48. The SMILES string of the molecule is CC(=O)N(C(=O)C(=O)Nc1ccc(Cl)cc1C(F)(F)F)c1ccc(N)cc1. The van der Waals surface area contributed by atoms with E-state index in [0.717, 1.165) is 19.1 Å². The average Bonchev–Trinajstić information content (AvgIpc) is 2.57. The first-order valence-electron chi connectivity index (χ1n) is 7.39. The Labute approximate surface area is 156 Å². The lowest BCUT2D eigenvalue weighted by Gasteiger charge is -2.20. The van der Waals surface area contributed by atoms with Crippen LogP contribution in [-0.4, -0.2) is 17.7 Å². The minimum absolute atomic E-state index is 0.0454. The molecule has 0 aromatic heterocycles. The molecule has 27 heavy (non-hydrogen) atoms. The molecule has 0 atom stereocenters. The third-order valence-electron chi connectivity index (χ3n) is 3.40. The molecule has 0 radical (unpaired) electrons. The number of nitrogen functional groups attached to an aromatic ring is 1. The summed E-state index contributed by atoms with van der Waals surface area (Å²) in [6, 6.07) is 8.10. The van der Waals surface area contributed by atoms with Crippen molar-refractivity contribution in [1.29, 1.82) is 0 Å². The van der Waals surface area contributed by atoms with Crippen LogP contribution in [0.5, 0.6) is 0 Å². The fourth-order valence-electron chi connectivity index (χ4n) is 2.20. The maximum absolute atomic E-state index is 13.1. The number of anilines is 3. The van der Waals surface area contributed by atoms with Crippen molar-refractivity contribution in [3.8, 4) is 0 Å². The van der Waals surface area contributed by atoms with Crippen molar-refractivity contribution in [3.05, 3.63) is 53.1 Å². The summed E-state index contributed by atoms with van der Waals surface area (Å²) in [5.41, 5.74) is 4.04. The van der Waals surface area contributed by atoms with Crippen molar-refractivity contribution in [1.82, 2.24) is 0 Å². The summed E-state index contributed by atoms with van der Waals surface area (Å²) in [5.74, 6) is -3.57. The Morgan fingerprint density at radius 3 is 2.19 bits per heavy atom. The number of nitrogens with one attached hydrogen (secondary N) is 1. The summed E-state index contributed by atoms with van der Waals surface area (Å²) < 4.78 is 39.3. The second-order valence-corrected chi connectivity index (χ2v) is 5.83. The molecule has 0 aliphatic rings. The number of alkyl halides is 3. The van der Waals surface area contributed by atoms with Gasteiger partial charge >= 0.3 is 18.0 Å². The Hall–Kier alpha value is -3.07. The van der Waals surface area contributed by atoms with Crippen molar-refractivity contribution in [3.63, 3.8) is 0 Å². The molecule has 0 fully saturated rings. The molecule has 0 spiro atoms. The Kier molecular flexibility index (Phi) is 5.75. The van der Waals surface area contributed by atoms with Gasteiger partial charge in [-0.2, -0.15) is 13.2 Å². The highest BCUT2D eigenvalue weighted by Crippen LogP contribution is 2.36. The number of hydrogen-bond acceptors (Lipinski definition) is 4. The summed E-state index contributed by atoms with van der Waals surface area (Å²) in [6.45, 7) is 1.03. The van der Waals surface area contributed by atoms with E-state index in [9.17, 15) is 27.6 Å². The summed E-state index contributed by atoms with van der Waals surface area (Å²) in [6.07, 6.45) is -4.81. The van der Waals surface area contributed by atoms with Crippen LogP contribution >= 0.6 is 11.6 Å². The summed E-state index contributed by atoms with van der Waals surface area (Å²) in [7, 11) is 0. The van der Waals surface area contributed by atoms with Crippen LogP contribution in [-0.2, 0) is 20.6 Å². The smallest absolute Gasteiger partial charge is 0.399 e. The van der Waals surface area contributed by atoms with E-state index in [-0.39, 0.29) is 10.7 Å². The zero-order chi connectivity index (χ0) is 20.4. The van der Waals surface area contributed by atoms with E-state index in [0.29, 0.717) is 16.7 Å². The number of nitrogens with zero attached hydrogens (tertiary/aromatic N) is 1. The Bertz CT molecular complexity index is 899. The van der Waals surface area contributed by atoms with Gasteiger partial charge < -0.3 is 11.1 Å². The second kappa shape index (κ2) is 7.67. The van der Waals surface area contributed by atoms with Crippen molar-refractivity contribution >= 4 is 46.4 Å². The standard InChI is InChI=1S/C17H13ClF3N3O3/c1-9(25)24(12-5-3-11(22)4-6-12)16(27)15(26)23-14-7-2-10(18)8-13(14)17(19,20)21/h2-8H,22H2,1H3,(H,23,26). The molecule has 6 nitrogen and oxygen atoms in total. The van der Waals surface area contributed by atoms with E-state index in [4.69, 9.17) is 17.3 Å². The maximum atomic E-state index is 13.1. The quantitative estimate of drug-likeness (QED) is 0.597. The molecule has 2 aromatic carbocycles. The summed E-state index contributed by atoms with van der Waals surface area (Å²) in [5, 5.41) is 1.68. The largest absolute Gasteiger partial charge is 0.418 e. The number of benzene rings is 2. The Morgan fingerprint density at radius 2 is 1.67 bits per heavy atom. The molecular weight excluding hydrogens is 387 g/mol. The van der Waals surface area contributed by atoms with Gasteiger partial charge in [0.15, 0.2) is 0 Å². The van der Waals surface area contributed by atoms with Crippen molar-refractivity contribution in [2.75, 3.05) is 16.0 Å². The van der Waals surface area contributed by atoms with Crippen molar-refractivity contribution in [2.45, 2.75) is 13.1 Å². The zero-order valence-electron chi connectivity index (χ0n) is 13.8. The second-order valence-electron chi connectivity index (χ2n) is 5.39. The van der Waals surface area contributed by atoms with Gasteiger partial charge in [-0.3, -0.25) is 14.4 Å². The predicted octanol–water partition coefficient (Wildman–Crippen LogP) is 3.46. The molecule has 0 unspecified atom stereocenters. The van der Waals surface area contributed by atoms with Crippen LogP contribution in [0.25, 0.3) is 0 Å². The monoisotopic (exact) mass is 399 g/mol. The van der Waals surface area contributed by atoms with Gasteiger partial charge in [-0.1, -0.05) is 11.6 Å². The molecule has 0 bridgehead atoms. The minimum Gasteiger partial charge on any atom is -0.399 e. The van der Waals surface area contributed by atoms with Crippen LogP contribution in [0.2, 0.25) is 5.02 Å². The number of nitrogens with two attached hydrogens (primary N) is 1. The van der Waals surface area contributed by atoms with E-state index in [1.54, 1.807) is 0 Å². The summed E-state index contributed by atoms with van der Waals surface area (Å²) >= 11 is 5.56. The third-order valence-corrected chi connectivity index (χ3v) is 3.63. The van der Waals surface area contributed by atoms with Gasteiger partial charge in [-0.25, -0.2) is 4.90 Å². The number of hydrogen-bond donors (Lipinski definition) is 2. The fraction of sp³-hybridized carbons (Fsp3) is 0.118. The minimum atomic E-state index is -4.81. The number of carbonyl (C=O) groups is 3. The lowest BCUT2D eigenvalue weighted by molar-refractivity contribution is -0.138. The molecule has 142 valence electrons. The van der Waals surface area contributed by atoms with E-state index in [2.05, 4.69) is 0 Å². The lowest BCUT2D eigenvalue weighted by atomic mass is 10.1. The molecule has 3 N–H and O–H groups in total. The molecule has 0 saturated carbocycles. The predicted molar refractivity (Wildman–Crippen MR) is 94.1 cm³/mol. The van der Waals surface area contributed by atoms with Crippen molar-refractivity contribution in [2.24, 2.45) is 0 Å². The normalized spacial score (nSPS) is 11.0. The lowest BCUT2D eigenvalue weighted by Crippen LogP contribution is -2.43. The van der Waals surface area contributed by atoms with Gasteiger partial charge in [0.1, 0.15) is 0 Å². The van der Waals surface area contributed by atoms with Gasteiger partial charge in [-0.15, -0.1) is 0 Å².